The Morgan fingerprint density at radius 3 is 2.55 bits per heavy atom. The quantitative estimate of drug-likeness (QED) is 0.329. The van der Waals surface area contributed by atoms with Crippen LogP contribution in [0.3, 0.4) is 0 Å². The molecule has 1 aliphatic heterocycles. The summed E-state index contributed by atoms with van der Waals surface area (Å²) in [7, 11) is -1.91. The first-order chi connectivity index (χ1) is 20.0. The van der Waals surface area contributed by atoms with Gasteiger partial charge in [0.05, 0.1) is 61.1 Å². The summed E-state index contributed by atoms with van der Waals surface area (Å²) < 4.78 is 37.2. The molecule has 2 aromatic carbocycles. The maximum atomic E-state index is 13.0. The van der Waals surface area contributed by atoms with Crippen LogP contribution < -0.4 is 15.4 Å². The van der Waals surface area contributed by atoms with E-state index < -0.39 is 15.1 Å². The second-order valence-corrected chi connectivity index (χ2v) is 14.1. The van der Waals surface area contributed by atoms with E-state index in [1.54, 1.807) is 45.2 Å². The minimum Gasteiger partial charge on any atom is -0.495 e. The average Bonchev–Trinajstić information content (AvgIpc) is 2.97. The maximum Gasteiger partial charge on any atom is 0.229 e. The van der Waals surface area contributed by atoms with Crippen LogP contribution >= 0.6 is 11.6 Å². The highest BCUT2D eigenvalue weighted by molar-refractivity contribution is 7.92. The van der Waals surface area contributed by atoms with Crippen molar-refractivity contribution in [2.24, 2.45) is 5.10 Å². The van der Waals surface area contributed by atoms with Crippen LogP contribution in [0.25, 0.3) is 0 Å². The highest BCUT2D eigenvalue weighted by atomic mass is 35.5. The molecule has 2 N–H and O–H groups in total. The van der Waals surface area contributed by atoms with Crippen molar-refractivity contribution in [3.05, 3.63) is 58.7 Å². The number of nitrogens with zero attached hydrogens (tertiary/aromatic N) is 4. The number of methoxy groups -OCH3 is 1. The fraction of sp³-hybridized carbons (Fsp3) is 0.433. The van der Waals surface area contributed by atoms with Crippen molar-refractivity contribution in [2.45, 2.75) is 56.1 Å². The van der Waals surface area contributed by atoms with E-state index in [-0.39, 0.29) is 27.1 Å². The van der Waals surface area contributed by atoms with E-state index in [2.05, 4.69) is 51.6 Å². The number of morpholine rings is 1. The number of nitrogens with one attached hydrogen (secondary N) is 2. The summed E-state index contributed by atoms with van der Waals surface area (Å²) in [4.78, 5) is 9.15. The number of hydrazone groups is 1. The topological polar surface area (TPSA) is 118 Å². The van der Waals surface area contributed by atoms with E-state index in [0.717, 1.165) is 37.2 Å². The minimum atomic E-state index is -3.54. The van der Waals surface area contributed by atoms with Crippen molar-refractivity contribution in [1.29, 1.82) is 0 Å². The predicted octanol–water partition coefficient (Wildman–Crippen LogP) is 5.72. The van der Waals surface area contributed by atoms with Gasteiger partial charge in [-0.2, -0.15) is 10.1 Å². The minimum absolute atomic E-state index is 0.178. The SMILES string of the molecule is COc1cc2c(cc1Nc1ncc(Cl)c(Nc3ccccc3S(=O)(=O)C(C)C)n1)C(C)(C)/C(=N/N1CCOCC1)CC2. The summed E-state index contributed by atoms with van der Waals surface area (Å²) in [6.07, 6.45) is 3.21. The van der Waals surface area contributed by atoms with Crippen molar-refractivity contribution in [3.63, 3.8) is 0 Å². The van der Waals surface area contributed by atoms with Crippen LogP contribution in [0.15, 0.2) is 52.6 Å². The van der Waals surface area contributed by atoms with Crippen LogP contribution in [-0.4, -0.2) is 67.8 Å². The fourth-order valence-corrected chi connectivity index (χ4v) is 6.57. The van der Waals surface area contributed by atoms with Gasteiger partial charge < -0.3 is 20.1 Å². The Morgan fingerprint density at radius 2 is 1.83 bits per heavy atom. The fourth-order valence-electron chi connectivity index (χ4n) is 5.23. The molecule has 0 amide bonds. The van der Waals surface area contributed by atoms with E-state index in [4.69, 9.17) is 26.2 Å². The lowest BCUT2D eigenvalue weighted by Crippen LogP contribution is -2.39. The lowest BCUT2D eigenvalue weighted by Gasteiger charge is -2.37. The Balaban J connectivity index is 1.46. The number of halogens is 1. The molecular weight excluding hydrogens is 576 g/mol. The number of fused-ring (bicyclic) bond motifs is 1. The van der Waals surface area contributed by atoms with E-state index in [1.807, 2.05) is 0 Å². The molecule has 0 unspecified atom stereocenters. The third-order valence-electron chi connectivity index (χ3n) is 7.76. The first-order valence-corrected chi connectivity index (χ1v) is 15.9. The third-order valence-corrected chi connectivity index (χ3v) is 10.2. The van der Waals surface area contributed by atoms with Gasteiger partial charge in [-0.15, -0.1) is 0 Å². The Labute approximate surface area is 252 Å². The Hall–Kier alpha value is -3.41. The molecule has 0 spiro atoms. The van der Waals surface area contributed by atoms with Gasteiger partial charge in [-0.05, 0) is 62.1 Å². The van der Waals surface area contributed by atoms with Gasteiger partial charge in [0, 0.05) is 11.1 Å². The molecule has 0 radical (unpaired) electrons. The second-order valence-electron chi connectivity index (χ2n) is 11.2. The lowest BCUT2D eigenvalue weighted by molar-refractivity contribution is 0.0388. The van der Waals surface area contributed by atoms with Crippen molar-refractivity contribution >= 4 is 50.3 Å². The van der Waals surface area contributed by atoms with E-state index in [1.165, 1.54) is 11.8 Å². The summed E-state index contributed by atoms with van der Waals surface area (Å²) in [6, 6.07) is 10.8. The molecule has 2 aliphatic rings. The molecule has 5 rings (SSSR count). The smallest absolute Gasteiger partial charge is 0.229 e. The maximum absolute atomic E-state index is 13.0. The molecule has 10 nitrogen and oxygen atoms in total. The van der Waals surface area contributed by atoms with Gasteiger partial charge in [-0.25, -0.2) is 13.4 Å². The molecule has 224 valence electrons. The number of aryl methyl sites for hydroxylation is 1. The molecule has 3 aromatic rings. The molecular formula is C30H37ClN6O4S. The summed E-state index contributed by atoms with van der Waals surface area (Å²) in [5.41, 5.74) is 4.30. The number of hydrogen-bond donors (Lipinski definition) is 2. The van der Waals surface area contributed by atoms with Crippen LogP contribution in [0.4, 0.5) is 23.1 Å². The van der Waals surface area contributed by atoms with E-state index >= 15 is 0 Å². The molecule has 1 fully saturated rings. The van der Waals surface area contributed by atoms with Crippen LogP contribution in [0.1, 0.15) is 45.2 Å². The van der Waals surface area contributed by atoms with Gasteiger partial charge in [0.15, 0.2) is 15.7 Å². The Bertz CT molecular complexity index is 1600. The van der Waals surface area contributed by atoms with Crippen molar-refractivity contribution in [1.82, 2.24) is 15.0 Å². The zero-order chi connectivity index (χ0) is 30.1. The molecule has 1 aliphatic carbocycles. The van der Waals surface area contributed by atoms with Gasteiger partial charge in [-0.3, -0.25) is 5.01 Å². The molecule has 1 aromatic heterocycles. The van der Waals surface area contributed by atoms with Crippen LogP contribution in [0.5, 0.6) is 5.75 Å². The number of rotatable bonds is 8. The molecule has 42 heavy (non-hydrogen) atoms. The summed E-state index contributed by atoms with van der Waals surface area (Å²) in [5, 5.41) is 13.2. The number of hydrogen-bond acceptors (Lipinski definition) is 10. The molecule has 0 bridgehead atoms. The van der Waals surface area contributed by atoms with Gasteiger partial charge in [0.1, 0.15) is 10.8 Å². The number of para-hydroxylation sites is 1. The van der Waals surface area contributed by atoms with Crippen LogP contribution in [-0.2, 0) is 26.4 Å². The monoisotopic (exact) mass is 612 g/mol. The highest BCUT2D eigenvalue weighted by Gasteiger charge is 2.35. The van der Waals surface area contributed by atoms with E-state index in [0.29, 0.717) is 30.3 Å². The Morgan fingerprint density at radius 1 is 1.10 bits per heavy atom. The number of aromatic nitrogens is 2. The predicted molar refractivity (Wildman–Crippen MR) is 167 cm³/mol. The molecule has 1 saturated heterocycles. The van der Waals surface area contributed by atoms with Gasteiger partial charge in [0.2, 0.25) is 5.95 Å². The number of sulfone groups is 1. The molecule has 12 heteroatoms. The van der Waals surface area contributed by atoms with Gasteiger partial charge in [0.25, 0.3) is 0 Å². The number of ether oxygens (including phenoxy) is 2. The van der Waals surface area contributed by atoms with Crippen LogP contribution in [0.2, 0.25) is 5.02 Å². The van der Waals surface area contributed by atoms with Gasteiger partial charge >= 0.3 is 0 Å². The van der Waals surface area contributed by atoms with E-state index in [9.17, 15) is 8.42 Å². The first-order valence-electron chi connectivity index (χ1n) is 14.0. The first kappa shape index (κ1) is 30.1. The molecule has 0 atom stereocenters. The normalized spacial score (nSPS) is 17.7. The van der Waals surface area contributed by atoms with Crippen LogP contribution in [0, 0.1) is 0 Å². The number of benzene rings is 2. The third kappa shape index (κ3) is 6.04. The molecule has 0 saturated carbocycles. The highest BCUT2D eigenvalue weighted by Crippen LogP contribution is 2.41. The summed E-state index contributed by atoms with van der Waals surface area (Å²) in [5.74, 6) is 1.22. The second kappa shape index (κ2) is 12.1. The standard InChI is InChI=1S/C30H37ClN6O4S/c1-19(2)42(38,39)26-9-7-6-8-23(26)33-28-22(31)18-32-29(35-28)34-24-17-21-20(16-25(24)40-5)10-11-27(30(21,3)4)36-37-12-14-41-15-13-37/h6-9,16-19H,10-15H2,1-5H3,(H2,32,33,34,35)/b36-27+. The number of anilines is 4. The van der Waals surface area contributed by atoms with Gasteiger partial charge in [-0.1, -0.05) is 37.6 Å². The zero-order valence-electron chi connectivity index (χ0n) is 24.6. The van der Waals surface area contributed by atoms with Crippen molar-refractivity contribution in [2.75, 3.05) is 44.0 Å². The Kier molecular flexibility index (Phi) is 8.63. The lowest BCUT2D eigenvalue weighted by atomic mass is 9.71. The summed E-state index contributed by atoms with van der Waals surface area (Å²) in [6.45, 7) is 10.7. The largest absolute Gasteiger partial charge is 0.495 e. The molecule has 2 heterocycles. The zero-order valence-corrected chi connectivity index (χ0v) is 26.1. The summed E-state index contributed by atoms with van der Waals surface area (Å²) >= 11 is 6.45. The van der Waals surface area contributed by atoms with Crippen molar-refractivity contribution < 1.29 is 17.9 Å². The average molecular weight is 613 g/mol. The van der Waals surface area contributed by atoms with Crippen molar-refractivity contribution in [3.8, 4) is 5.75 Å².